The second-order valence-corrected chi connectivity index (χ2v) is 14.6. The smallest absolute Gasteiger partial charge is 0.306 e. The zero-order valence-electron chi connectivity index (χ0n) is 25.6. The topological polar surface area (TPSA) is 155 Å². The lowest BCUT2D eigenvalue weighted by Gasteiger charge is -2.61. The maximum atomic E-state index is 14.6. The van der Waals surface area contributed by atoms with Crippen LogP contribution < -0.4 is 0 Å². The largest absolute Gasteiger partial charge is 0.481 e. The number of ketones is 3. The molecule has 10 atom stereocenters. The van der Waals surface area contributed by atoms with Crippen molar-refractivity contribution >= 4 is 29.3 Å². The lowest BCUT2D eigenvalue weighted by molar-refractivity contribution is -0.178. The first-order valence-corrected chi connectivity index (χ1v) is 14.9. The van der Waals surface area contributed by atoms with Crippen molar-refractivity contribution in [3.05, 3.63) is 11.1 Å². The van der Waals surface area contributed by atoms with Gasteiger partial charge in [0.15, 0.2) is 11.9 Å². The Balaban J connectivity index is 1.87. The van der Waals surface area contributed by atoms with Crippen LogP contribution in [0.3, 0.4) is 0 Å². The Labute approximate surface area is 242 Å². The van der Waals surface area contributed by atoms with Crippen molar-refractivity contribution in [2.75, 3.05) is 0 Å². The fourth-order valence-electron chi connectivity index (χ4n) is 9.44. The number of aliphatic hydroxyl groups excluding tert-OH is 2. The van der Waals surface area contributed by atoms with E-state index in [1.807, 2.05) is 27.7 Å². The number of aliphatic hydroxyl groups is 2. The number of carbonyl (C=O) groups excluding carboxylic acids is 4. The molecule has 0 radical (unpaired) electrons. The Kier molecular flexibility index (Phi) is 7.78. The summed E-state index contributed by atoms with van der Waals surface area (Å²) in [5.74, 6) is -4.63. The van der Waals surface area contributed by atoms with E-state index in [1.54, 1.807) is 13.8 Å². The Bertz CT molecular complexity index is 1220. The normalized spacial score (nSPS) is 41.2. The van der Waals surface area contributed by atoms with E-state index in [9.17, 15) is 39.3 Å². The first-order valence-electron chi connectivity index (χ1n) is 14.9. The maximum Gasteiger partial charge on any atom is 0.306 e. The quantitative estimate of drug-likeness (QED) is 0.386. The van der Waals surface area contributed by atoms with Gasteiger partial charge in [-0.2, -0.15) is 0 Å². The van der Waals surface area contributed by atoms with Gasteiger partial charge in [0, 0.05) is 53.6 Å². The van der Waals surface area contributed by atoms with Crippen molar-refractivity contribution < 1.29 is 44.0 Å². The SMILES string of the molecule is CC(=O)OC1C(=O)C2=C(C(=O)CC3C(C)(C)[C@@H](O)CC[C@]23C)[C@]2(C)[C@H](O)C[C@H]([C@H](C)CC(=O)CC(C)C(=O)O)[C@@]12C. The number of esters is 1. The van der Waals surface area contributed by atoms with Crippen LogP contribution in [0.15, 0.2) is 11.1 Å². The number of carboxylic acid groups (broad SMARTS) is 1. The van der Waals surface area contributed by atoms with Gasteiger partial charge in [0.05, 0.1) is 18.1 Å². The summed E-state index contributed by atoms with van der Waals surface area (Å²) in [6.07, 6.45) is -1.81. The minimum absolute atomic E-state index is 0.0351. The molecule has 9 heteroatoms. The van der Waals surface area contributed by atoms with Crippen molar-refractivity contribution in [3.63, 3.8) is 0 Å². The van der Waals surface area contributed by atoms with Gasteiger partial charge in [-0.05, 0) is 42.4 Å². The fraction of sp³-hybridized carbons (Fsp3) is 0.781. The van der Waals surface area contributed by atoms with Crippen molar-refractivity contribution in [2.24, 2.45) is 45.3 Å². The van der Waals surface area contributed by atoms with E-state index in [-0.39, 0.29) is 49.1 Å². The van der Waals surface area contributed by atoms with Gasteiger partial charge >= 0.3 is 11.9 Å². The van der Waals surface area contributed by atoms with Crippen LogP contribution in [0.5, 0.6) is 0 Å². The molecule has 2 saturated carbocycles. The third-order valence-corrected chi connectivity index (χ3v) is 12.0. The van der Waals surface area contributed by atoms with E-state index in [0.717, 1.165) is 0 Å². The lowest BCUT2D eigenvalue weighted by atomic mass is 9.42. The van der Waals surface area contributed by atoms with E-state index < -0.39 is 69.5 Å². The summed E-state index contributed by atoms with van der Waals surface area (Å²) in [6.45, 7) is 13.9. The van der Waals surface area contributed by atoms with Gasteiger partial charge in [0.25, 0.3) is 0 Å². The van der Waals surface area contributed by atoms with Crippen molar-refractivity contribution in [3.8, 4) is 0 Å². The van der Waals surface area contributed by atoms with Gasteiger partial charge in [-0.3, -0.25) is 24.0 Å². The lowest BCUT2D eigenvalue weighted by Crippen LogP contribution is -2.65. The van der Waals surface area contributed by atoms with Gasteiger partial charge in [0.2, 0.25) is 5.78 Å². The van der Waals surface area contributed by atoms with Crippen LogP contribution in [-0.4, -0.2) is 62.9 Å². The highest BCUT2D eigenvalue weighted by atomic mass is 16.5. The summed E-state index contributed by atoms with van der Waals surface area (Å²) in [4.78, 5) is 65.5. The molecular weight excluding hydrogens is 528 g/mol. The van der Waals surface area contributed by atoms with E-state index in [4.69, 9.17) is 4.74 Å². The summed E-state index contributed by atoms with van der Waals surface area (Å²) >= 11 is 0. The highest BCUT2D eigenvalue weighted by Crippen LogP contribution is 2.71. The number of ether oxygens (including phenoxy) is 1. The molecule has 4 aliphatic carbocycles. The minimum Gasteiger partial charge on any atom is -0.481 e. The molecule has 0 aromatic carbocycles. The summed E-state index contributed by atoms with van der Waals surface area (Å²) in [5, 5.41) is 31.9. The molecule has 3 unspecified atom stereocenters. The van der Waals surface area contributed by atoms with E-state index in [2.05, 4.69) is 0 Å². The highest BCUT2D eigenvalue weighted by Gasteiger charge is 2.74. The Morgan fingerprint density at radius 1 is 0.976 bits per heavy atom. The summed E-state index contributed by atoms with van der Waals surface area (Å²) in [5.41, 5.74) is -3.21. The molecule has 41 heavy (non-hydrogen) atoms. The molecular formula is C32H46O9. The number of rotatable bonds is 7. The number of fused-ring (bicyclic) bond motifs is 4. The van der Waals surface area contributed by atoms with Crippen LogP contribution in [-0.2, 0) is 28.7 Å². The van der Waals surface area contributed by atoms with Gasteiger partial charge in [0.1, 0.15) is 5.78 Å². The first-order chi connectivity index (χ1) is 18.8. The number of hydrogen-bond acceptors (Lipinski definition) is 8. The second kappa shape index (κ2) is 10.1. The van der Waals surface area contributed by atoms with Crippen LogP contribution in [0.2, 0.25) is 0 Å². The average molecular weight is 575 g/mol. The molecule has 0 aliphatic heterocycles. The average Bonchev–Trinajstić information content (AvgIpc) is 3.07. The van der Waals surface area contributed by atoms with Crippen LogP contribution in [0.25, 0.3) is 0 Å². The molecule has 4 rings (SSSR count). The number of aliphatic carboxylic acids is 1. The number of Topliss-reactive ketones (excluding diaryl/α,β-unsaturated/α-hetero) is 3. The maximum absolute atomic E-state index is 14.6. The summed E-state index contributed by atoms with van der Waals surface area (Å²) in [7, 11) is 0. The van der Waals surface area contributed by atoms with E-state index in [0.29, 0.717) is 24.0 Å². The Morgan fingerprint density at radius 2 is 1.59 bits per heavy atom. The van der Waals surface area contributed by atoms with Crippen LogP contribution >= 0.6 is 0 Å². The third kappa shape index (κ3) is 4.36. The Morgan fingerprint density at radius 3 is 2.15 bits per heavy atom. The van der Waals surface area contributed by atoms with E-state index >= 15 is 0 Å². The van der Waals surface area contributed by atoms with Gasteiger partial charge in [-0.15, -0.1) is 0 Å². The summed E-state index contributed by atoms with van der Waals surface area (Å²) in [6, 6.07) is 0. The molecule has 2 fully saturated rings. The molecule has 0 spiro atoms. The molecule has 9 nitrogen and oxygen atoms in total. The van der Waals surface area contributed by atoms with Gasteiger partial charge in [-0.25, -0.2) is 0 Å². The second-order valence-electron chi connectivity index (χ2n) is 14.6. The fourth-order valence-corrected chi connectivity index (χ4v) is 9.44. The molecule has 228 valence electrons. The molecule has 0 aromatic rings. The van der Waals surface area contributed by atoms with E-state index in [1.165, 1.54) is 13.8 Å². The van der Waals surface area contributed by atoms with Gasteiger partial charge in [-0.1, -0.05) is 48.5 Å². The molecule has 4 aliphatic rings. The monoisotopic (exact) mass is 574 g/mol. The van der Waals surface area contributed by atoms with Gasteiger partial charge < -0.3 is 20.1 Å². The third-order valence-electron chi connectivity index (χ3n) is 12.0. The van der Waals surface area contributed by atoms with Crippen LogP contribution in [0, 0.1) is 45.3 Å². The van der Waals surface area contributed by atoms with Crippen LogP contribution in [0.4, 0.5) is 0 Å². The first kappa shape index (κ1) is 31.5. The van der Waals surface area contributed by atoms with Crippen LogP contribution in [0.1, 0.15) is 93.9 Å². The minimum atomic E-state index is -1.28. The molecule has 0 heterocycles. The standard InChI is InChI=1S/C32H46O9/c1-15(11-18(34)12-16(2)28(39)40)19-13-23(37)32(8)24-20(35)14-21-29(4,5)22(36)9-10-30(21,6)25(24)26(38)27(31(19,32)7)41-17(3)33/h15-16,19,21-23,27,36-37H,9-14H2,1-8H3,(H,39,40)/t15-,16?,19-,21?,22+,23-,27?,30+,31+,32+/m1/s1. The summed E-state index contributed by atoms with van der Waals surface area (Å²) < 4.78 is 5.84. The predicted octanol–water partition coefficient (Wildman–Crippen LogP) is 3.67. The van der Waals surface area contributed by atoms with Crippen molar-refractivity contribution in [1.29, 1.82) is 0 Å². The number of carboxylic acids is 1. The zero-order chi connectivity index (χ0) is 31.0. The molecule has 3 N–H and O–H groups in total. The van der Waals surface area contributed by atoms with Crippen molar-refractivity contribution in [1.82, 2.24) is 0 Å². The molecule has 0 amide bonds. The Hall–Kier alpha value is -2.39. The molecule has 0 saturated heterocycles. The number of carbonyl (C=O) groups is 5. The zero-order valence-corrected chi connectivity index (χ0v) is 25.6. The van der Waals surface area contributed by atoms with Crippen molar-refractivity contribution in [2.45, 2.75) is 112 Å². The highest BCUT2D eigenvalue weighted by molar-refractivity contribution is 6.13. The number of hydrogen-bond donors (Lipinski definition) is 3. The molecule has 0 bridgehead atoms. The molecule has 0 aromatic heterocycles. The predicted molar refractivity (Wildman–Crippen MR) is 148 cm³/mol.